The number of nitrogens with zero attached hydrogens (tertiary/aromatic N) is 1. The van der Waals surface area contributed by atoms with E-state index in [2.05, 4.69) is 0 Å². The molecule has 0 saturated carbocycles. The molecule has 0 aliphatic carbocycles. The fraction of sp³-hybridized carbons (Fsp3) is 0.118. The Hall–Kier alpha value is -2.87. The van der Waals surface area contributed by atoms with E-state index in [4.69, 9.17) is 9.84 Å². The van der Waals surface area contributed by atoms with Gasteiger partial charge in [0.05, 0.1) is 12.8 Å². The number of halogens is 1. The molecule has 0 aliphatic heterocycles. The van der Waals surface area contributed by atoms with Crippen molar-refractivity contribution >= 4 is 27.8 Å². The number of sulfonamides is 1. The largest absolute Gasteiger partial charge is 0.495 e. The van der Waals surface area contributed by atoms with Gasteiger partial charge in [-0.1, -0.05) is 18.2 Å². The van der Waals surface area contributed by atoms with Crippen LogP contribution in [0.3, 0.4) is 0 Å². The third kappa shape index (κ3) is 3.97. The Morgan fingerprint density at radius 1 is 1.24 bits per heavy atom. The molecule has 0 radical (unpaired) electrons. The van der Waals surface area contributed by atoms with Crippen LogP contribution in [-0.2, 0) is 14.8 Å². The van der Waals surface area contributed by atoms with E-state index >= 15 is 0 Å². The van der Waals surface area contributed by atoms with Gasteiger partial charge in [-0.25, -0.2) is 17.6 Å². The molecule has 0 atom stereocenters. The van der Waals surface area contributed by atoms with Crippen molar-refractivity contribution in [2.75, 3.05) is 18.5 Å². The molecular weight excluding hydrogens is 349 g/mol. The van der Waals surface area contributed by atoms with E-state index < -0.39 is 21.8 Å². The van der Waals surface area contributed by atoms with Gasteiger partial charge < -0.3 is 9.84 Å². The number of para-hydroxylation sites is 1. The summed E-state index contributed by atoms with van der Waals surface area (Å²) in [5, 5.41) is 8.69. The quantitative estimate of drug-likeness (QED) is 0.796. The number of carbonyl (C=O) groups is 1. The SMILES string of the molecule is COc1ccc(/C=C/C(=O)O)cc1S(=O)(=O)N(C)c1ccccc1F. The molecule has 1 N–H and O–H groups in total. The van der Waals surface area contributed by atoms with Crippen LogP contribution in [0.5, 0.6) is 5.75 Å². The van der Waals surface area contributed by atoms with Gasteiger partial charge in [0, 0.05) is 13.1 Å². The maximum atomic E-state index is 13.9. The number of anilines is 1. The summed E-state index contributed by atoms with van der Waals surface area (Å²) in [6, 6.07) is 9.66. The average Bonchev–Trinajstić information content (AvgIpc) is 2.59. The molecule has 0 bridgehead atoms. The molecule has 6 nitrogen and oxygen atoms in total. The number of aliphatic carboxylic acids is 1. The number of ether oxygens (including phenoxy) is 1. The van der Waals surface area contributed by atoms with E-state index in [1.807, 2.05) is 0 Å². The van der Waals surface area contributed by atoms with Crippen molar-refractivity contribution in [1.29, 1.82) is 0 Å². The Bertz CT molecular complexity index is 924. The highest BCUT2D eigenvalue weighted by Gasteiger charge is 2.27. The minimum absolute atomic E-state index is 0.0654. The topological polar surface area (TPSA) is 83.9 Å². The standard InChI is InChI=1S/C17H16FNO5S/c1-19(14-6-4-3-5-13(14)18)25(22,23)16-11-12(8-10-17(20)21)7-9-15(16)24-2/h3-11H,1-2H3,(H,20,21)/b10-8+. The highest BCUT2D eigenvalue weighted by Crippen LogP contribution is 2.31. The molecule has 25 heavy (non-hydrogen) atoms. The number of hydrogen-bond acceptors (Lipinski definition) is 4. The molecule has 2 aromatic rings. The van der Waals surface area contributed by atoms with Crippen LogP contribution < -0.4 is 9.04 Å². The summed E-state index contributed by atoms with van der Waals surface area (Å²) in [5.74, 6) is -1.78. The van der Waals surface area contributed by atoms with Gasteiger partial charge in [-0.15, -0.1) is 0 Å². The summed E-state index contributed by atoms with van der Waals surface area (Å²) in [6.45, 7) is 0. The smallest absolute Gasteiger partial charge is 0.328 e. The molecule has 0 fully saturated rings. The van der Waals surface area contributed by atoms with Crippen LogP contribution in [0.2, 0.25) is 0 Å². The van der Waals surface area contributed by atoms with E-state index in [9.17, 15) is 17.6 Å². The number of carboxylic acids is 1. The van der Waals surface area contributed by atoms with Crippen LogP contribution in [0.4, 0.5) is 10.1 Å². The molecule has 0 heterocycles. The molecule has 0 spiro atoms. The Balaban J connectivity index is 2.55. The Kier molecular flexibility index (Phi) is 5.43. The lowest BCUT2D eigenvalue weighted by atomic mass is 10.2. The molecule has 0 amide bonds. The van der Waals surface area contributed by atoms with Crippen molar-refractivity contribution in [2.45, 2.75) is 4.90 Å². The van der Waals surface area contributed by atoms with Crippen LogP contribution in [0, 0.1) is 5.82 Å². The van der Waals surface area contributed by atoms with E-state index in [1.165, 1.54) is 56.6 Å². The van der Waals surface area contributed by atoms with Gasteiger partial charge in [0.1, 0.15) is 16.5 Å². The van der Waals surface area contributed by atoms with Crippen LogP contribution in [0.15, 0.2) is 53.4 Å². The van der Waals surface area contributed by atoms with Crippen LogP contribution >= 0.6 is 0 Å². The van der Waals surface area contributed by atoms with Crippen LogP contribution in [0.25, 0.3) is 6.08 Å². The normalized spacial score (nSPS) is 11.5. The Morgan fingerprint density at radius 2 is 1.92 bits per heavy atom. The third-order valence-electron chi connectivity index (χ3n) is 3.44. The van der Waals surface area contributed by atoms with E-state index in [0.717, 1.165) is 16.4 Å². The summed E-state index contributed by atoms with van der Waals surface area (Å²) >= 11 is 0. The van der Waals surface area contributed by atoms with E-state index in [1.54, 1.807) is 0 Å². The second-order valence-electron chi connectivity index (χ2n) is 5.01. The summed E-state index contributed by atoms with van der Waals surface area (Å²) in [6.07, 6.45) is 2.14. The zero-order valence-electron chi connectivity index (χ0n) is 13.5. The monoisotopic (exact) mass is 365 g/mol. The molecule has 8 heteroatoms. The van der Waals surface area contributed by atoms with Gasteiger partial charge in [-0.3, -0.25) is 4.31 Å². The van der Waals surface area contributed by atoms with Crippen LogP contribution in [-0.4, -0.2) is 33.7 Å². The molecule has 0 aliphatic rings. The number of carboxylic acid groups (broad SMARTS) is 1. The molecule has 2 aromatic carbocycles. The summed E-state index contributed by atoms with van der Waals surface area (Å²) in [7, 11) is -1.59. The number of rotatable bonds is 6. The number of benzene rings is 2. The maximum Gasteiger partial charge on any atom is 0.328 e. The fourth-order valence-corrected chi connectivity index (χ4v) is 3.54. The first kappa shape index (κ1) is 18.5. The van der Waals surface area contributed by atoms with Gasteiger partial charge >= 0.3 is 5.97 Å². The van der Waals surface area contributed by atoms with Crippen molar-refractivity contribution in [3.63, 3.8) is 0 Å². The zero-order chi connectivity index (χ0) is 18.6. The van der Waals surface area contributed by atoms with Crippen molar-refractivity contribution in [1.82, 2.24) is 0 Å². The highest BCUT2D eigenvalue weighted by atomic mass is 32.2. The summed E-state index contributed by atoms with van der Waals surface area (Å²) < 4.78 is 45.6. The first-order chi connectivity index (χ1) is 11.8. The Morgan fingerprint density at radius 3 is 2.52 bits per heavy atom. The molecular formula is C17H16FNO5S. The molecule has 132 valence electrons. The molecule has 0 saturated heterocycles. The first-order valence-corrected chi connectivity index (χ1v) is 8.54. The average molecular weight is 365 g/mol. The van der Waals surface area contributed by atoms with Crippen molar-refractivity contribution in [2.24, 2.45) is 0 Å². The number of hydrogen-bond donors (Lipinski definition) is 1. The van der Waals surface area contributed by atoms with E-state index in [0.29, 0.717) is 5.56 Å². The molecule has 0 unspecified atom stereocenters. The number of methoxy groups -OCH3 is 1. The predicted molar refractivity (Wildman–Crippen MR) is 91.7 cm³/mol. The lowest BCUT2D eigenvalue weighted by Gasteiger charge is -2.21. The Labute approximate surface area is 144 Å². The maximum absolute atomic E-state index is 13.9. The van der Waals surface area contributed by atoms with Gasteiger partial charge in [0.25, 0.3) is 10.0 Å². The summed E-state index contributed by atoms with van der Waals surface area (Å²) in [4.78, 5) is 10.4. The minimum atomic E-state index is -4.13. The minimum Gasteiger partial charge on any atom is -0.495 e. The fourth-order valence-electron chi connectivity index (χ4n) is 2.15. The zero-order valence-corrected chi connectivity index (χ0v) is 14.3. The lowest BCUT2D eigenvalue weighted by Crippen LogP contribution is -2.27. The second kappa shape index (κ2) is 7.35. The molecule has 0 aromatic heterocycles. The van der Waals surface area contributed by atoms with Gasteiger partial charge in [-0.2, -0.15) is 0 Å². The van der Waals surface area contributed by atoms with Crippen molar-refractivity contribution in [3.8, 4) is 5.75 Å². The van der Waals surface area contributed by atoms with Gasteiger partial charge in [0.15, 0.2) is 0 Å². The third-order valence-corrected chi connectivity index (χ3v) is 5.23. The first-order valence-electron chi connectivity index (χ1n) is 7.10. The molecule has 2 rings (SSSR count). The highest BCUT2D eigenvalue weighted by molar-refractivity contribution is 7.92. The van der Waals surface area contributed by atoms with E-state index in [-0.39, 0.29) is 16.3 Å². The predicted octanol–water partition coefficient (Wildman–Crippen LogP) is 2.76. The van der Waals surface area contributed by atoms with Gasteiger partial charge in [0.2, 0.25) is 0 Å². The lowest BCUT2D eigenvalue weighted by molar-refractivity contribution is -0.131. The second-order valence-corrected chi connectivity index (χ2v) is 6.94. The van der Waals surface area contributed by atoms with Gasteiger partial charge in [-0.05, 0) is 35.9 Å². The van der Waals surface area contributed by atoms with Crippen molar-refractivity contribution in [3.05, 3.63) is 59.9 Å². The summed E-state index contributed by atoms with van der Waals surface area (Å²) in [5.41, 5.74) is 0.236. The van der Waals surface area contributed by atoms with Crippen molar-refractivity contribution < 1.29 is 27.4 Å². The van der Waals surface area contributed by atoms with Crippen LogP contribution in [0.1, 0.15) is 5.56 Å².